The summed E-state index contributed by atoms with van der Waals surface area (Å²) in [4.78, 5) is 0. The highest BCUT2D eigenvalue weighted by Gasteiger charge is 2.23. The maximum Gasteiger partial charge on any atom is 0.151 e. The fourth-order valence-corrected chi connectivity index (χ4v) is 2.40. The molecule has 0 aromatic heterocycles. The molecule has 1 aliphatic heterocycles. The van der Waals surface area contributed by atoms with E-state index < -0.39 is 11.6 Å². The average molecular weight is 276 g/mol. The first-order valence-corrected chi connectivity index (χ1v) is 6.38. The number of halogens is 2. The minimum atomic E-state index is -0.688. The molecule has 3 nitrogen and oxygen atoms in total. The molecule has 2 aromatic rings. The molecule has 0 aliphatic carbocycles. The van der Waals surface area contributed by atoms with E-state index in [0.29, 0.717) is 13.0 Å². The number of ether oxygens (including phenoxy) is 1. The van der Waals surface area contributed by atoms with Gasteiger partial charge in [-0.3, -0.25) is 0 Å². The summed E-state index contributed by atoms with van der Waals surface area (Å²) in [5, 5.41) is 2.92. The van der Waals surface area contributed by atoms with Crippen LogP contribution in [0.25, 0.3) is 0 Å². The lowest BCUT2D eigenvalue weighted by atomic mass is 10.00. The Labute approximate surface area is 115 Å². The Hall–Kier alpha value is -2.30. The maximum absolute atomic E-state index is 13.8. The van der Waals surface area contributed by atoms with E-state index in [1.165, 1.54) is 0 Å². The molecule has 20 heavy (non-hydrogen) atoms. The lowest BCUT2D eigenvalue weighted by molar-refractivity contribution is 0.274. The van der Waals surface area contributed by atoms with Crippen LogP contribution in [0.4, 0.5) is 20.2 Å². The second kappa shape index (κ2) is 5.00. The summed E-state index contributed by atoms with van der Waals surface area (Å²) < 4.78 is 33.2. The van der Waals surface area contributed by atoms with Crippen molar-refractivity contribution >= 4 is 11.4 Å². The van der Waals surface area contributed by atoms with Gasteiger partial charge in [0.15, 0.2) is 11.6 Å². The van der Waals surface area contributed by atoms with Crippen molar-refractivity contribution in [2.45, 2.75) is 12.5 Å². The van der Waals surface area contributed by atoms with Gasteiger partial charge in [0.25, 0.3) is 0 Å². The van der Waals surface area contributed by atoms with Crippen LogP contribution in [0.3, 0.4) is 0 Å². The smallest absolute Gasteiger partial charge is 0.151 e. The molecule has 1 aliphatic rings. The largest absolute Gasteiger partial charge is 0.493 e. The molecule has 1 heterocycles. The Kier molecular flexibility index (Phi) is 3.18. The Morgan fingerprint density at radius 1 is 1.15 bits per heavy atom. The zero-order valence-electron chi connectivity index (χ0n) is 10.7. The maximum atomic E-state index is 13.8. The van der Waals surface area contributed by atoms with Crippen LogP contribution in [-0.4, -0.2) is 6.61 Å². The summed E-state index contributed by atoms with van der Waals surface area (Å²) in [5.74, 6) is -0.634. The zero-order valence-corrected chi connectivity index (χ0v) is 10.7. The van der Waals surface area contributed by atoms with E-state index in [0.717, 1.165) is 23.4 Å². The highest BCUT2D eigenvalue weighted by atomic mass is 19.1. The summed E-state index contributed by atoms with van der Waals surface area (Å²) in [6, 6.07) is 9.50. The molecule has 1 atom stereocenters. The Morgan fingerprint density at radius 2 is 1.85 bits per heavy atom. The molecule has 0 saturated heterocycles. The van der Waals surface area contributed by atoms with Crippen molar-refractivity contribution in [3.05, 3.63) is 53.6 Å². The number of hydrogen-bond acceptors (Lipinski definition) is 3. The number of hydrogen-bond donors (Lipinski definition) is 2. The number of rotatable bonds is 2. The number of nitrogen functional groups attached to an aromatic ring is 1. The molecular weight excluding hydrogens is 262 g/mol. The van der Waals surface area contributed by atoms with E-state index in [1.807, 2.05) is 24.3 Å². The van der Waals surface area contributed by atoms with E-state index in [9.17, 15) is 8.78 Å². The van der Waals surface area contributed by atoms with Crippen LogP contribution in [0.15, 0.2) is 36.4 Å². The first-order chi connectivity index (χ1) is 9.65. The molecule has 1 unspecified atom stereocenters. The summed E-state index contributed by atoms with van der Waals surface area (Å²) >= 11 is 0. The molecule has 104 valence electrons. The van der Waals surface area contributed by atoms with E-state index >= 15 is 0 Å². The highest BCUT2D eigenvalue weighted by Crippen LogP contribution is 2.35. The van der Waals surface area contributed by atoms with Gasteiger partial charge in [0, 0.05) is 17.7 Å². The van der Waals surface area contributed by atoms with Crippen molar-refractivity contribution in [1.29, 1.82) is 0 Å². The van der Waals surface area contributed by atoms with E-state index in [2.05, 4.69) is 5.32 Å². The third kappa shape index (κ3) is 2.27. The number of nitrogens with one attached hydrogen (secondary N) is 1. The topological polar surface area (TPSA) is 47.3 Å². The van der Waals surface area contributed by atoms with Gasteiger partial charge in [-0.25, -0.2) is 8.78 Å². The lowest BCUT2D eigenvalue weighted by Gasteiger charge is -2.27. The van der Waals surface area contributed by atoms with Crippen LogP contribution in [0.2, 0.25) is 0 Å². The lowest BCUT2D eigenvalue weighted by Crippen LogP contribution is -2.21. The summed E-state index contributed by atoms with van der Waals surface area (Å²) in [5.41, 5.74) is 6.22. The first kappa shape index (κ1) is 12.7. The fraction of sp³-hybridized carbons (Fsp3) is 0.200. The van der Waals surface area contributed by atoms with Gasteiger partial charge in [-0.15, -0.1) is 0 Å². The van der Waals surface area contributed by atoms with Gasteiger partial charge in [-0.1, -0.05) is 18.2 Å². The standard InChI is InChI=1S/C15H14F2N2O/c16-11-7-9(18)8-12(17)15(11)19-13-5-6-20-14-4-2-1-3-10(13)14/h1-4,7-8,13,19H,5-6,18H2. The van der Waals surface area contributed by atoms with E-state index in [4.69, 9.17) is 10.5 Å². The van der Waals surface area contributed by atoms with Crippen molar-refractivity contribution in [2.24, 2.45) is 0 Å². The minimum absolute atomic E-state index is 0.0675. The number of para-hydroxylation sites is 1. The van der Waals surface area contributed by atoms with Crippen molar-refractivity contribution in [3.63, 3.8) is 0 Å². The monoisotopic (exact) mass is 276 g/mol. The average Bonchev–Trinajstić information content (AvgIpc) is 2.43. The van der Waals surface area contributed by atoms with Gasteiger partial charge >= 0.3 is 0 Å². The van der Waals surface area contributed by atoms with Gasteiger partial charge in [0.2, 0.25) is 0 Å². The van der Waals surface area contributed by atoms with E-state index in [-0.39, 0.29) is 17.4 Å². The predicted molar refractivity (Wildman–Crippen MR) is 73.7 cm³/mol. The van der Waals surface area contributed by atoms with Crippen molar-refractivity contribution in [3.8, 4) is 5.75 Å². The Morgan fingerprint density at radius 3 is 2.60 bits per heavy atom. The summed E-state index contributed by atoms with van der Waals surface area (Å²) in [6.07, 6.45) is 0.639. The highest BCUT2D eigenvalue weighted by molar-refractivity contribution is 5.56. The minimum Gasteiger partial charge on any atom is -0.493 e. The second-order valence-electron chi connectivity index (χ2n) is 4.73. The molecule has 2 aromatic carbocycles. The molecule has 0 fully saturated rings. The molecule has 0 radical (unpaired) electrons. The fourth-order valence-electron chi connectivity index (χ4n) is 2.40. The van der Waals surface area contributed by atoms with Gasteiger partial charge in [-0.05, 0) is 18.2 Å². The van der Waals surface area contributed by atoms with Crippen LogP contribution < -0.4 is 15.8 Å². The normalized spacial score (nSPS) is 17.2. The van der Waals surface area contributed by atoms with Gasteiger partial charge < -0.3 is 15.8 Å². The molecule has 3 rings (SSSR count). The van der Waals surface area contributed by atoms with Gasteiger partial charge in [-0.2, -0.15) is 0 Å². The summed E-state index contributed by atoms with van der Waals surface area (Å²) in [7, 11) is 0. The zero-order chi connectivity index (χ0) is 14.1. The SMILES string of the molecule is Nc1cc(F)c(NC2CCOc3ccccc32)c(F)c1. The molecular formula is C15H14F2N2O. The van der Waals surface area contributed by atoms with Crippen LogP contribution in [0.1, 0.15) is 18.0 Å². The van der Waals surface area contributed by atoms with Crippen molar-refractivity contribution in [2.75, 3.05) is 17.7 Å². The Bertz CT molecular complexity index is 623. The van der Waals surface area contributed by atoms with Crippen molar-refractivity contribution in [1.82, 2.24) is 0 Å². The molecule has 0 amide bonds. The Balaban J connectivity index is 1.94. The third-order valence-corrected chi connectivity index (χ3v) is 3.34. The third-order valence-electron chi connectivity index (χ3n) is 3.34. The number of nitrogens with two attached hydrogens (primary N) is 1. The van der Waals surface area contributed by atoms with E-state index in [1.54, 1.807) is 0 Å². The quantitative estimate of drug-likeness (QED) is 0.825. The summed E-state index contributed by atoms with van der Waals surface area (Å²) in [6.45, 7) is 0.507. The van der Waals surface area contributed by atoms with Crippen LogP contribution in [-0.2, 0) is 0 Å². The first-order valence-electron chi connectivity index (χ1n) is 6.38. The van der Waals surface area contributed by atoms with Crippen LogP contribution in [0.5, 0.6) is 5.75 Å². The van der Waals surface area contributed by atoms with Crippen LogP contribution in [0, 0.1) is 11.6 Å². The number of anilines is 2. The second-order valence-corrected chi connectivity index (χ2v) is 4.73. The number of benzene rings is 2. The predicted octanol–water partition coefficient (Wildman–Crippen LogP) is 3.48. The van der Waals surface area contributed by atoms with Gasteiger partial charge in [0.05, 0.1) is 12.6 Å². The van der Waals surface area contributed by atoms with Gasteiger partial charge in [0.1, 0.15) is 11.4 Å². The molecule has 0 spiro atoms. The molecule has 0 bridgehead atoms. The molecule has 3 N–H and O–H groups in total. The van der Waals surface area contributed by atoms with Crippen molar-refractivity contribution < 1.29 is 13.5 Å². The molecule has 0 saturated carbocycles. The van der Waals surface area contributed by atoms with Crippen LogP contribution >= 0.6 is 0 Å². The number of fused-ring (bicyclic) bond motifs is 1. The molecule has 5 heteroatoms.